The molecule has 1 aromatic heterocycles. The van der Waals surface area contributed by atoms with Gasteiger partial charge in [0.1, 0.15) is 0 Å². The molecular weight excluding hydrogens is 170 g/mol. The predicted octanol–water partition coefficient (Wildman–Crippen LogP) is 4.01. The highest BCUT2D eigenvalue weighted by molar-refractivity contribution is 5.19. The molecule has 0 bridgehead atoms. The van der Waals surface area contributed by atoms with Crippen LogP contribution in [0.15, 0.2) is 18.3 Å². The van der Waals surface area contributed by atoms with Crippen LogP contribution in [0.4, 0.5) is 0 Å². The first-order valence-corrected chi connectivity index (χ1v) is 5.81. The third kappa shape index (κ3) is 4.40. The van der Waals surface area contributed by atoms with Crippen molar-refractivity contribution in [2.24, 2.45) is 0 Å². The number of aromatic nitrogens is 1. The van der Waals surface area contributed by atoms with Gasteiger partial charge in [-0.3, -0.25) is 4.98 Å². The van der Waals surface area contributed by atoms with Crippen molar-refractivity contribution in [2.45, 2.75) is 53.4 Å². The molecule has 14 heavy (non-hydrogen) atoms. The quantitative estimate of drug-likeness (QED) is 0.704. The zero-order valence-electron chi connectivity index (χ0n) is 10.0. The molecule has 0 N–H and O–H groups in total. The normalized spacial score (nSPS) is 9.14. The van der Waals surface area contributed by atoms with Gasteiger partial charge in [0, 0.05) is 11.9 Å². The molecule has 80 valence electrons. The summed E-state index contributed by atoms with van der Waals surface area (Å²) in [5, 5.41) is 0. The number of hydrogen-bond donors (Lipinski definition) is 0. The lowest BCUT2D eigenvalue weighted by molar-refractivity contribution is 0.780. The molecule has 1 aromatic rings. The lowest BCUT2D eigenvalue weighted by Crippen LogP contribution is -1.95. The molecule has 0 aliphatic heterocycles. The molecule has 1 rings (SSSR count). The van der Waals surface area contributed by atoms with E-state index in [0.717, 1.165) is 6.42 Å². The molecule has 0 radical (unpaired) electrons. The summed E-state index contributed by atoms with van der Waals surface area (Å²) in [5.41, 5.74) is 2.70. The maximum Gasteiger partial charge on any atom is 0.0432 e. The summed E-state index contributed by atoms with van der Waals surface area (Å²) >= 11 is 0. The van der Waals surface area contributed by atoms with Gasteiger partial charge in [0.05, 0.1) is 0 Å². The highest BCUT2D eigenvalue weighted by Gasteiger charge is 1.98. The average molecular weight is 193 g/mol. The van der Waals surface area contributed by atoms with E-state index in [4.69, 9.17) is 0 Å². The van der Waals surface area contributed by atoms with Crippen LogP contribution in [0, 0.1) is 0 Å². The second-order valence-electron chi connectivity index (χ2n) is 3.07. The fourth-order valence-corrected chi connectivity index (χ4v) is 1.38. The van der Waals surface area contributed by atoms with Crippen LogP contribution in [0.25, 0.3) is 0 Å². The van der Waals surface area contributed by atoms with Crippen LogP contribution < -0.4 is 0 Å². The number of unbranched alkanes of at least 4 members (excludes halogenated alkanes) is 1. The number of hydrogen-bond acceptors (Lipinski definition) is 1. The Morgan fingerprint density at radius 1 is 1.21 bits per heavy atom. The van der Waals surface area contributed by atoms with Gasteiger partial charge in [-0.15, -0.1) is 0 Å². The predicted molar refractivity (Wildman–Crippen MR) is 63.6 cm³/mol. The Labute approximate surface area is 88.6 Å². The average Bonchev–Trinajstić information content (AvgIpc) is 2.29. The van der Waals surface area contributed by atoms with Crippen LogP contribution in [-0.2, 0) is 12.8 Å². The summed E-state index contributed by atoms with van der Waals surface area (Å²) < 4.78 is 0. The minimum Gasteiger partial charge on any atom is -0.261 e. The van der Waals surface area contributed by atoms with Gasteiger partial charge in [-0.1, -0.05) is 40.2 Å². The zero-order chi connectivity index (χ0) is 10.8. The zero-order valence-corrected chi connectivity index (χ0v) is 10.0. The molecular formula is C13H23N. The molecule has 0 fully saturated rings. The summed E-state index contributed by atoms with van der Waals surface area (Å²) in [6, 6.07) is 4.23. The van der Waals surface area contributed by atoms with E-state index in [1.165, 1.54) is 30.5 Å². The van der Waals surface area contributed by atoms with Gasteiger partial charge >= 0.3 is 0 Å². The highest BCUT2D eigenvalue weighted by atomic mass is 14.7. The van der Waals surface area contributed by atoms with Crippen LogP contribution in [-0.4, -0.2) is 4.98 Å². The lowest BCUT2D eigenvalue weighted by atomic mass is 10.1. The number of aryl methyl sites for hydroxylation is 2. The second kappa shape index (κ2) is 8.74. The van der Waals surface area contributed by atoms with Gasteiger partial charge in [0.15, 0.2) is 0 Å². The van der Waals surface area contributed by atoms with Crippen molar-refractivity contribution in [1.82, 2.24) is 4.98 Å². The van der Waals surface area contributed by atoms with Crippen LogP contribution in [0.2, 0.25) is 0 Å². The maximum atomic E-state index is 4.35. The van der Waals surface area contributed by atoms with Gasteiger partial charge in [-0.25, -0.2) is 0 Å². The van der Waals surface area contributed by atoms with E-state index in [-0.39, 0.29) is 0 Å². The van der Waals surface area contributed by atoms with E-state index in [9.17, 15) is 0 Å². The molecule has 0 unspecified atom stereocenters. The first-order chi connectivity index (χ1) is 6.88. The SMILES string of the molecule is CC.CCCCc1cccnc1CC. The Morgan fingerprint density at radius 3 is 2.50 bits per heavy atom. The molecule has 0 aliphatic carbocycles. The molecule has 0 saturated carbocycles. The van der Waals surface area contributed by atoms with Crippen LogP contribution in [0.3, 0.4) is 0 Å². The Balaban J connectivity index is 0.000000791. The maximum absolute atomic E-state index is 4.35. The third-order valence-corrected chi connectivity index (χ3v) is 2.12. The van der Waals surface area contributed by atoms with Crippen molar-refractivity contribution in [3.63, 3.8) is 0 Å². The van der Waals surface area contributed by atoms with Gasteiger partial charge in [0.25, 0.3) is 0 Å². The Hall–Kier alpha value is -0.850. The summed E-state index contributed by atoms with van der Waals surface area (Å²) in [5.74, 6) is 0. The molecule has 0 aliphatic rings. The number of rotatable bonds is 4. The van der Waals surface area contributed by atoms with Gasteiger partial charge in [0.2, 0.25) is 0 Å². The molecule has 0 amide bonds. The Morgan fingerprint density at radius 2 is 1.93 bits per heavy atom. The standard InChI is InChI=1S/C11H17N.C2H6/c1-3-5-7-10-8-6-9-12-11(10)4-2;1-2/h6,8-9H,3-5,7H2,1-2H3;1-2H3. The first kappa shape index (κ1) is 13.2. The molecule has 0 atom stereocenters. The Bertz CT molecular complexity index is 230. The Kier molecular flexibility index (Phi) is 8.20. The molecule has 0 aromatic carbocycles. The van der Waals surface area contributed by atoms with Crippen LogP contribution in [0.5, 0.6) is 0 Å². The minimum absolute atomic E-state index is 1.06. The van der Waals surface area contributed by atoms with Gasteiger partial charge in [-0.05, 0) is 30.9 Å². The van der Waals surface area contributed by atoms with Crippen molar-refractivity contribution in [3.8, 4) is 0 Å². The molecule has 1 heterocycles. The van der Waals surface area contributed by atoms with Crippen molar-refractivity contribution in [3.05, 3.63) is 29.6 Å². The van der Waals surface area contributed by atoms with E-state index in [1.807, 2.05) is 26.1 Å². The summed E-state index contributed by atoms with van der Waals surface area (Å²) in [6.45, 7) is 8.39. The molecule has 0 saturated heterocycles. The molecule has 1 nitrogen and oxygen atoms in total. The number of pyridine rings is 1. The monoisotopic (exact) mass is 193 g/mol. The van der Waals surface area contributed by atoms with E-state index < -0.39 is 0 Å². The topological polar surface area (TPSA) is 12.9 Å². The minimum atomic E-state index is 1.06. The summed E-state index contributed by atoms with van der Waals surface area (Å²) in [7, 11) is 0. The third-order valence-electron chi connectivity index (χ3n) is 2.12. The van der Waals surface area contributed by atoms with Crippen LogP contribution in [0.1, 0.15) is 51.8 Å². The van der Waals surface area contributed by atoms with E-state index >= 15 is 0 Å². The van der Waals surface area contributed by atoms with E-state index in [2.05, 4.69) is 24.9 Å². The first-order valence-electron chi connectivity index (χ1n) is 5.81. The lowest BCUT2D eigenvalue weighted by Gasteiger charge is -2.04. The van der Waals surface area contributed by atoms with Crippen molar-refractivity contribution in [1.29, 1.82) is 0 Å². The van der Waals surface area contributed by atoms with Crippen molar-refractivity contribution < 1.29 is 0 Å². The van der Waals surface area contributed by atoms with E-state index in [0.29, 0.717) is 0 Å². The second-order valence-corrected chi connectivity index (χ2v) is 3.07. The van der Waals surface area contributed by atoms with Crippen molar-refractivity contribution >= 4 is 0 Å². The summed E-state index contributed by atoms with van der Waals surface area (Å²) in [6.07, 6.45) is 6.67. The van der Waals surface area contributed by atoms with E-state index in [1.54, 1.807) is 0 Å². The fourth-order valence-electron chi connectivity index (χ4n) is 1.38. The molecule has 0 spiro atoms. The largest absolute Gasteiger partial charge is 0.261 e. The van der Waals surface area contributed by atoms with Crippen molar-refractivity contribution in [2.75, 3.05) is 0 Å². The highest BCUT2D eigenvalue weighted by Crippen LogP contribution is 2.09. The van der Waals surface area contributed by atoms with Gasteiger partial charge in [-0.2, -0.15) is 0 Å². The fraction of sp³-hybridized carbons (Fsp3) is 0.615. The molecule has 1 heteroatoms. The summed E-state index contributed by atoms with van der Waals surface area (Å²) in [4.78, 5) is 4.35. The van der Waals surface area contributed by atoms with Gasteiger partial charge < -0.3 is 0 Å². The van der Waals surface area contributed by atoms with Crippen LogP contribution >= 0.6 is 0 Å². The smallest absolute Gasteiger partial charge is 0.0432 e. The number of nitrogens with zero attached hydrogens (tertiary/aromatic N) is 1.